The molecule has 0 saturated heterocycles. The molecule has 1 aromatic rings. The van der Waals surface area contributed by atoms with Gasteiger partial charge in [0.05, 0.1) is 5.38 Å². The summed E-state index contributed by atoms with van der Waals surface area (Å²) in [6.07, 6.45) is 4.23. The standard InChI is InChI=1S/C15H18ClNO3/c1-17(12-5-3-2-4-11(12)16)15(18)10-6-7-13-14(8-10)20-9-19-13/h6-8,11-12H,2-5,9H2,1H3. The molecule has 1 saturated carbocycles. The number of carbonyl (C=O) groups excluding carboxylic acids is 1. The van der Waals surface area contributed by atoms with Crippen LogP contribution in [0.1, 0.15) is 36.0 Å². The van der Waals surface area contributed by atoms with Crippen LogP contribution < -0.4 is 9.47 Å². The molecule has 0 aromatic heterocycles. The molecule has 3 rings (SSSR count). The van der Waals surface area contributed by atoms with Gasteiger partial charge in [-0.2, -0.15) is 0 Å². The van der Waals surface area contributed by atoms with Gasteiger partial charge in [-0.05, 0) is 31.0 Å². The van der Waals surface area contributed by atoms with Crippen molar-refractivity contribution in [1.82, 2.24) is 4.90 Å². The zero-order valence-electron chi connectivity index (χ0n) is 11.5. The molecule has 1 aromatic carbocycles. The Labute approximate surface area is 123 Å². The average molecular weight is 296 g/mol. The minimum absolute atomic E-state index is 0.0131. The molecular weight excluding hydrogens is 278 g/mol. The smallest absolute Gasteiger partial charge is 0.254 e. The normalized spacial score (nSPS) is 24.5. The Kier molecular flexibility index (Phi) is 3.74. The van der Waals surface area contributed by atoms with E-state index < -0.39 is 0 Å². The molecule has 1 amide bonds. The van der Waals surface area contributed by atoms with Crippen molar-refractivity contribution < 1.29 is 14.3 Å². The number of alkyl halides is 1. The van der Waals surface area contributed by atoms with E-state index in [0.29, 0.717) is 17.1 Å². The van der Waals surface area contributed by atoms with Crippen molar-refractivity contribution in [3.05, 3.63) is 23.8 Å². The minimum atomic E-state index is -0.0131. The number of hydrogen-bond donors (Lipinski definition) is 0. The first-order valence-electron chi connectivity index (χ1n) is 6.97. The van der Waals surface area contributed by atoms with E-state index in [1.807, 2.05) is 7.05 Å². The molecule has 0 spiro atoms. The molecule has 0 N–H and O–H groups in total. The third-order valence-electron chi connectivity index (χ3n) is 4.08. The summed E-state index contributed by atoms with van der Waals surface area (Å²) < 4.78 is 10.6. The van der Waals surface area contributed by atoms with Crippen LogP contribution in [-0.2, 0) is 0 Å². The van der Waals surface area contributed by atoms with E-state index in [4.69, 9.17) is 21.1 Å². The summed E-state index contributed by atoms with van der Waals surface area (Å²) >= 11 is 6.36. The summed E-state index contributed by atoms with van der Waals surface area (Å²) in [5.74, 6) is 1.31. The fourth-order valence-corrected chi connectivity index (χ4v) is 3.34. The van der Waals surface area contributed by atoms with Crippen molar-refractivity contribution in [3.8, 4) is 11.5 Å². The number of rotatable bonds is 2. The molecule has 1 heterocycles. The van der Waals surface area contributed by atoms with Crippen molar-refractivity contribution in [2.45, 2.75) is 37.1 Å². The summed E-state index contributed by atoms with van der Waals surface area (Å²) in [4.78, 5) is 14.3. The average Bonchev–Trinajstić information content (AvgIpc) is 2.93. The first-order valence-corrected chi connectivity index (χ1v) is 7.41. The van der Waals surface area contributed by atoms with Crippen LogP contribution in [0, 0.1) is 0 Å². The molecule has 20 heavy (non-hydrogen) atoms. The molecule has 2 unspecified atom stereocenters. The van der Waals surface area contributed by atoms with Crippen LogP contribution in [0.15, 0.2) is 18.2 Å². The minimum Gasteiger partial charge on any atom is -0.454 e. The van der Waals surface area contributed by atoms with Crippen molar-refractivity contribution in [3.63, 3.8) is 0 Å². The Morgan fingerprint density at radius 3 is 2.80 bits per heavy atom. The van der Waals surface area contributed by atoms with Crippen LogP contribution in [0.4, 0.5) is 0 Å². The van der Waals surface area contributed by atoms with E-state index in [1.165, 1.54) is 0 Å². The van der Waals surface area contributed by atoms with E-state index in [9.17, 15) is 4.79 Å². The van der Waals surface area contributed by atoms with Gasteiger partial charge in [-0.3, -0.25) is 4.79 Å². The van der Waals surface area contributed by atoms with Crippen molar-refractivity contribution in [2.75, 3.05) is 13.8 Å². The van der Waals surface area contributed by atoms with Crippen molar-refractivity contribution >= 4 is 17.5 Å². The molecule has 108 valence electrons. The lowest BCUT2D eigenvalue weighted by molar-refractivity contribution is 0.0700. The first-order chi connectivity index (χ1) is 9.66. The Hall–Kier alpha value is -1.42. The summed E-state index contributed by atoms with van der Waals surface area (Å²) in [5.41, 5.74) is 0.617. The zero-order chi connectivity index (χ0) is 14.1. The number of ether oxygens (including phenoxy) is 2. The topological polar surface area (TPSA) is 38.8 Å². The van der Waals surface area contributed by atoms with E-state index >= 15 is 0 Å². The summed E-state index contributed by atoms with van der Waals surface area (Å²) in [6, 6.07) is 5.41. The van der Waals surface area contributed by atoms with Gasteiger partial charge in [0, 0.05) is 18.7 Å². The van der Waals surface area contributed by atoms with Gasteiger partial charge in [-0.1, -0.05) is 12.8 Å². The van der Waals surface area contributed by atoms with E-state index in [0.717, 1.165) is 25.7 Å². The lowest BCUT2D eigenvalue weighted by Crippen LogP contribution is -2.44. The third-order valence-corrected chi connectivity index (χ3v) is 4.59. The molecule has 2 atom stereocenters. The summed E-state index contributed by atoms with van der Waals surface area (Å²) in [5, 5.41) is 0.0479. The SMILES string of the molecule is CN(C(=O)c1ccc2c(c1)OCO2)C1CCCCC1Cl. The molecule has 1 fully saturated rings. The summed E-state index contributed by atoms with van der Waals surface area (Å²) in [7, 11) is 1.83. The number of carbonyl (C=O) groups is 1. The molecule has 0 bridgehead atoms. The number of halogens is 1. The lowest BCUT2D eigenvalue weighted by atomic mass is 9.93. The predicted octanol–water partition coefficient (Wildman–Crippen LogP) is 3.04. The Balaban J connectivity index is 1.77. The second-order valence-corrected chi connectivity index (χ2v) is 5.91. The van der Waals surface area contributed by atoms with E-state index in [1.54, 1.807) is 23.1 Å². The molecule has 0 radical (unpaired) electrons. The van der Waals surface area contributed by atoms with Crippen LogP contribution in [-0.4, -0.2) is 36.1 Å². The van der Waals surface area contributed by atoms with E-state index in [2.05, 4.69) is 0 Å². The highest BCUT2D eigenvalue weighted by Crippen LogP contribution is 2.33. The largest absolute Gasteiger partial charge is 0.454 e. The summed E-state index contributed by atoms with van der Waals surface area (Å²) in [6.45, 7) is 0.217. The predicted molar refractivity (Wildman–Crippen MR) is 76.6 cm³/mol. The van der Waals surface area contributed by atoms with Crippen molar-refractivity contribution in [2.24, 2.45) is 0 Å². The number of benzene rings is 1. The van der Waals surface area contributed by atoms with Gasteiger partial charge in [0.25, 0.3) is 5.91 Å². The van der Waals surface area contributed by atoms with Gasteiger partial charge >= 0.3 is 0 Å². The second-order valence-electron chi connectivity index (χ2n) is 5.35. The number of amides is 1. The number of hydrogen-bond acceptors (Lipinski definition) is 3. The highest BCUT2D eigenvalue weighted by atomic mass is 35.5. The lowest BCUT2D eigenvalue weighted by Gasteiger charge is -2.35. The molecule has 2 aliphatic rings. The van der Waals surface area contributed by atoms with Gasteiger partial charge < -0.3 is 14.4 Å². The van der Waals surface area contributed by atoms with Crippen LogP contribution in [0.2, 0.25) is 0 Å². The zero-order valence-corrected chi connectivity index (χ0v) is 12.2. The van der Waals surface area contributed by atoms with Crippen LogP contribution >= 0.6 is 11.6 Å². The van der Waals surface area contributed by atoms with Crippen molar-refractivity contribution in [1.29, 1.82) is 0 Å². The molecule has 1 aliphatic heterocycles. The fraction of sp³-hybridized carbons (Fsp3) is 0.533. The van der Waals surface area contributed by atoms with Crippen LogP contribution in [0.5, 0.6) is 11.5 Å². The van der Waals surface area contributed by atoms with Gasteiger partial charge in [0.1, 0.15) is 0 Å². The first kappa shape index (κ1) is 13.6. The van der Waals surface area contributed by atoms with Gasteiger partial charge in [0.15, 0.2) is 11.5 Å². The van der Waals surface area contributed by atoms with Crippen LogP contribution in [0.25, 0.3) is 0 Å². The van der Waals surface area contributed by atoms with Gasteiger partial charge in [0.2, 0.25) is 6.79 Å². The monoisotopic (exact) mass is 295 g/mol. The maximum Gasteiger partial charge on any atom is 0.254 e. The van der Waals surface area contributed by atoms with Crippen LogP contribution in [0.3, 0.4) is 0 Å². The van der Waals surface area contributed by atoms with E-state index in [-0.39, 0.29) is 24.1 Å². The molecule has 5 heteroatoms. The molecular formula is C15H18ClNO3. The van der Waals surface area contributed by atoms with Gasteiger partial charge in [-0.15, -0.1) is 11.6 Å². The Morgan fingerprint density at radius 2 is 2.00 bits per heavy atom. The Bertz CT molecular complexity index is 520. The second kappa shape index (κ2) is 5.52. The maximum absolute atomic E-state index is 12.6. The molecule has 1 aliphatic carbocycles. The number of nitrogens with zero attached hydrogens (tertiary/aromatic N) is 1. The maximum atomic E-state index is 12.6. The highest BCUT2D eigenvalue weighted by molar-refractivity contribution is 6.21. The Morgan fingerprint density at radius 1 is 1.25 bits per heavy atom. The third kappa shape index (κ3) is 2.44. The fourth-order valence-electron chi connectivity index (χ4n) is 2.89. The molecule has 4 nitrogen and oxygen atoms in total. The quantitative estimate of drug-likeness (QED) is 0.787. The van der Waals surface area contributed by atoms with Gasteiger partial charge in [-0.25, -0.2) is 0 Å². The number of fused-ring (bicyclic) bond motifs is 1. The highest BCUT2D eigenvalue weighted by Gasteiger charge is 2.30.